The second-order valence-electron chi connectivity index (χ2n) is 4.94. The van der Waals surface area contributed by atoms with Crippen LogP contribution in [0.4, 0.5) is 14.5 Å². The van der Waals surface area contributed by atoms with Gasteiger partial charge < -0.3 is 10.3 Å². The molecule has 20 heavy (non-hydrogen) atoms. The summed E-state index contributed by atoms with van der Waals surface area (Å²) in [4.78, 5) is 0. The van der Waals surface area contributed by atoms with E-state index >= 15 is 0 Å². The van der Waals surface area contributed by atoms with Crippen molar-refractivity contribution in [1.82, 2.24) is 4.57 Å². The number of rotatable bonds is 2. The lowest BCUT2D eigenvalue weighted by Gasteiger charge is -2.12. The van der Waals surface area contributed by atoms with Crippen LogP contribution in [0, 0.1) is 0 Å². The molecule has 0 aliphatic heterocycles. The number of hydrogen-bond acceptors (Lipinski definition) is 1. The van der Waals surface area contributed by atoms with E-state index in [9.17, 15) is 8.78 Å². The van der Waals surface area contributed by atoms with Gasteiger partial charge in [-0.15, -0.1) is 0 Å². The molecule has 1 aromatic heterocycles. The van der Waals surface area contributed by atoms with Crippen LogP contribution in [0.15, 0.2) is 54.7 Å². The molecule has 102 valence electrons. The van der Waals surface area contributed by atoms with E-state index < -0.39 is 5.92 Å². The quantitative estimate of drug-likeness (QED) is 0.692. The van der Waals surface area contributed by atoms with E-state index in [1.54, 1.807) is 12.1 Å². The average Bonchev–Trinajstić information content (AvgIpc) is 2.80. The lowest BCUT2D eigenvalue weighted by atomic mass is 10.1. The number of hydrogen-bond donors (Lipinski definition) is 1. The molecule has 2 nitrogen and oxygen atoms in total. The van der Waals surface area contributed by atoms with Crippen LogP contribution in [0.3, 0.4) is 0 Å². The number of benzene rings is 2. The molecule has 0 saturated heterocycles. The molecule has 0 unspecified atom stereocenters. The Morgan fingerprint density at radius 3 is 2.35 bits per heavy atom. The Kier molecular flexibility index (Phi) is 2.74. The summed E-state index contributed by atoms with van der Waals surface area (Å²) in [5.41, 5.74) is 8.31. The molecular formula is C16H14F2N2. The van der Waals surface area contributed by atoms with Crippen molar-refractivity contribution in [2.75, 3.05) is 5.73 Å². The van der Waals surface area contributed by atoms with Crippen molar-refractivity contribution in [1.29, 1.82) is 0 Å². The van der Waals surface area contributed by atoms with Gasteiger partial charge in [-0.05, 0) is 36.4 Å². The van der Waals surface area contributed by atoms with E-state index in [4.69, 9.17) is 5.73 Å². The summed E-state index contributed by atoms with van der Waals surface area (Å²) >= 11 is 0. The second-order valence-corrected chi connectivity index (χ2v) is 4.94. The third-order valence-corrected chi connectivity index (χ3v) is 3.37. The van der Waals surface area contributed by atoms with Crippen molar-refractivity contribution < 1.29 is 8.78 Å². The van der Waals surface area contributed by atoms with Gasteiger partial charge in [-0.1, -0.05) is 12.1 Å². The maximum atomic E-state index is 13.2. The van der Waals surface area contributed by atoms with Crippen LogP contribution in [-0.4, -0.2) is 4.57 Å². The van der Waals surface area contributed by atoms with Gasteiger partial charge in [0.15, 0.2) is 0 Å². The van der Waals surface area contributed by atoms with Crippen LogP contribution in [0.1, 0.15) is 12.5 Å². The van der Waals surface area contributed by atoms with Gasteiger partial charge in [0.1, 0.15) is 0 Å². The molecule has 0 aliphatic rings. The molecule has 0 saturated carbocycles. The highest BCUT2D eigenvalue weighted by atomic mass is 19.3. The summed E-state index contributed by atoms with van der Waals surface area (Å²) in [6.07, 6.45) is 1.91. The van der Waals surface area contributed by atoms with Crippen LogP contribution in [0.25, 0.3) is 16.6 Å². The SMILES string of the molecule is CC(F)(F)c1ccc(-n2ccc3cc(N)ccc32)cc1. The first-order chi connectivity index (χ1) is 9.45. The lowest BCUT2D eigenvalue weighted by molar-refractivity contribution is 0.0175. The molecule has 0 aliphatic carbocycles. The van der Waals surface area contributed by atoms with Crippen molar-refractivity contribution in [2.24, 2.45) is 0 Å². The second kappa shape index (κ2) is 4.34. The maximum Gasteiger partial charge on any atom is 0.270 e. The number of aromatic nitrogens is 1. The lowest BCUT2D eigenvalue weighted by Crippen LogP contribution is -2.06. The molecule has 2 N–H and O–H groups in total. The molecule has 0 fully saturated rings. The Hall–Kier alpha value is -2.36. The average molecular weight is 272 g/mol. The summed E-state index contributed by atoms with van der Waals surface area (Å²) in [6.45, 7) is 0.899. The zero-order valence-electron chi connectivity index (χ0n) is 11.0. The summed E-state index contributed by atoms with van der Waals surface area (Å²) in [6, 6.07) is 13.9. The van der Waals surface area contributed by atoms with Crippen molar-refractivity contribution in [3.05, 3.63) is 60.3 Å². The summed E-state index contributed by atoms with van der Waals surface area (Å²) in [5, 5.41) is 1.02. The highest BCUT2D eigenvalue weighted by Crippen LogP contribution is 2.28. The van der Waals surface area contributed by atoms with E-state index in [2.05, 4.69) is 0 Å². The molecule has 0 atom stereocenters. The molecule has 0 spiro atoms. The minimum absolute atomic E-state index is 0.0157. The molecule has 0 amide bonds. The van der Waals surface area contributed by atoms with E-state index in [1.165, 1.54) is 12.1 Å². The first-order valence-corrected chi connectivity index (χ1v) is 6.30. The zero-order chi connectivity index (χ0) is 14.3. The predicted molar refractivity (Wildman–Crippen MR) is 77.3 cm³/mol. The number of nitrogen functional groups attached to an aromatic ring is 1. The van der Waals surface area contributed by atoms with Crippen LogP contribution >= 0.6 is 0 Å². The zero-order valence-corrected chi connectivity index (χ0v) is 11.0. The van der Waals surface area contributed by atoms with Crippen LogP contribution in [-0.2, 0) is 5.92 Å². The molecule has 4 heteroatoms. The summed E-state index contributed by atoms with van der Waals surface area (Å²) < 4.78 is 28.4. The standard InChI is InChI=1S/C16H14F2N2/c1-16(17,18)12-2-5-14(6-3-12)20-9-8-11-10-13(19)4-7-15(11)20/h2-10H,19H2,1H3. The van der Waals surface area contributed by atoms with E-state index in [0.717, 1.165) is 23.5 Å². The first-order valence-electron chi connectivity index (χ1n) is 6.30. The Balaban J connectivity index is 2.07. The van der Waals surface area contributed by atoms with Gasteiger partial charge in [-0.25, -0.2) is 8.78 Å². The van der Waals surface area contributed by atoms with Gasteiger partial charge in [-0.2, -0.15) is 0 Å². The number of nitrogens with two attached hydrogens (primary N) is 1. The van der Waals surface area contributed by atoms with Gasteiger partial charge in [0.25, 0.3) is 5.92 Å². The highest BCUT2D eigenvalue weighted by molar-refractivity contribution is 5.84. The minimum Gasteiger partial charge on any atom is -0.399 e. The number of halogens is 2. The maximum absolute atomic E-state index is 13.2. The highest BCUT2D eigenvalue weighted by Gasteiger charge is 2.23. The molecule has 3 rings (SSSR count). The van der Waals surface area contributed by atoms with Crippen molar-refractivity contribution in [3.8, 4) is 5.69 Å². The number of alkyl halides is 2. The fourth-order valence-electron chi connectivity index (χ4n) is 2.30. The monoisotopic (exact) mass is 272 g/mol. The Labute approximate surface area is 115 Å². The molecule has 0 radical (unpaired) electrons. The fourth-order valence-corrected chi connectivity index (χ4v) is 2.30. The third kappa shape index (κ3) is 2.13. The van der Waals surface area contributed by atoms with Gasteiger partial charge in [0.05, 0.1) is 5.52 Å². The molecule has 1 heterocycles. The predicted octanol–water partition coefficient (Wildman–Crippen LogP) is 4.32. The Morgan fingerprint density at radius 1 is 1.00 bits per heavy atom. The molecule has 3 aromatic rings. The topological polar surface area (TPSA) is 30.9 Å². The summed E-state index contributed by atoms with van der Waals surface area (Å²) in [7, 11) is 0. The largest absolute Gasteiger partial charge is 0.399 e. The van der Waals surface area contributed by atoms with Crippen molar-refractivity contribution >= 4 is 16.6 Å². The third-order valence-electron chi connectivity index (χ3n) is 3.37. The number of nitrogens with zero attached hydrogens (tertiary/aromatic N) is 1. The first kappa shape index (κ1) is 12.7. The molecule has 0 bridgehead atoms. The Morgan fingerprint density at radius 2 is 1.70 bits per heavy atom. The van der Waals surface area contributed by atoms with Crippen LogP contribution in [0.2, 0.25) is 0 Å². The molecule has 2 aromatic carbocycles. The van der Waals surface area contributed by atoms with E-state index in [-0.39, 0.29) is 5.56 Å². The van der Waals surface area contributed by atoms with Crippen molar-refractivity contribution in [2.45, 2.75) is 12.8 Å². The number of fused-ring (bicyclic) bond motifs is 1. The van der Waals surface area contributed by atoms with Gasteiger partial charge in [0, 0.05) is 35.4 Å². The van der Waals surface area contributed by atoms with Crippen molar-refractivity contribution in [3.63, 3.8) is 0 Å². The Bertz CT molecular complexity index is 752. The number of anilines is 1. The van der Waals surface area contributed by atoms with E-state index in [1.807, 2.05) is 35.0 Å². The minimum atomic E-state index is -2.81. The smallest absolute Gasteiger partial charge is 0.270 e. The van der Waals surface area contributed by atoms with Gasteiger partial charge in [-0.3, -0.25) is 0 Å². The summed E-state index contributed by atoms with van der Waals surface area (Å²) in [5.74, 6) is -2.81. The molecular weight excluding hydrogens is 258 g/mol. The van der Waals surface area contributed by atoms with Crippen LogP contribution < -0.4 is 5.73 Å². The van der Waals surface area contributed by atoms with Crippen LogP contribution in [0.5, 0.6) is 0 Å². The van der Waals surface area contributed by atoms with Gasteiger partial charge in [0.2, 0.25) is 0 Å². The van der Waals surface area contributed by atoms with Gasteiger partial charge >= 0.3 is 0 Å². The normalized spacial score (nSPS) is 11.9. The van der Waals surface area contributed by atoms with E-state index in [0.29, 0.717) is 5.69 Å². The fraction of sp³-hybridized carbons (Fsp3) is 0.125.